The van der Waals surface area contributed by atoms with Crippen LogP contribution < -0.4 is 4.74 Å². The van der Waals surface area contributed by atoms with Crippen LogP contribution in [-0.4, -0.2) is 36.0 Å². The van der Waals surface area contributed by atoms with Gasteiger partial charge >= 0.3 is 0 Å². The van der Waals surface area contributed by atoms with Gasteiger partial charge in [0, 0.05) is 36.1 Å². The van der Waals surface area contributed by atoms with Crippen molar-refractivity contribution in [1.82, 2.24) is 9.88 Å². The van der Waals surface area contributed by atoms with Crippen molar-refractivity contribution in [3.8, 4) is 5.75 Å². The molecule has 1 amide bonds. The van der Waals surface area contributed by atoms with Gasteiger partial charge < -0.3 is 14.6 Å². The standard InChI is InChI=1S/C20H19FN2O2/c1-25-19-5-3-2-4-15(19)13-8-9-23(12-13)20(24)17-11-22-18-7-6-14(21)10-16(17)18/h2-7,10-11,13,22H,8-9,12H2,1H3/t13-/m1/s1. The van der Waals surface area contributed by atoms with Gasteiger partial charge in [-0.3, -0.25) is 4.79 Å². The predicted octanol–water partition coefficient (Wildman–Crippen LogP) is 3.95. The van der Waals surface area contributed by atoms with E-state index in [0.29, 0.717) is 24.0 Å². The lowest BCUT2D eigenvalue weighted by atomic mass is 9.97. The van der Waals surface area contributed by atoms with Gasteiger partial charge in [-0.2, -0.15) is 0 Å². The molecule has 0 saturated carbocycles. The first-order valence-corrected chi connectivity index (χ1v) is 8.36. The number of carbonyl (C=O) groups excluding carboxylic acids is 1. The first-order valence-electron chi connectivity index (χ1n) is 8.36. The maximum absolute atomic E-state index is 13.5. The number of para-hydroxylation sites is 1. The molecule has 4 rings (SSSR count). The number of nitrogens with zero attached hydrogens (tertiary/aromatic N) is 1. The van der Waals surface area contributed by atoms with Crippen molar-refractivity contribution >= 4 is 16.8 Å². The van der Waals surface area contributed by atoms with E-state index in [-0.39, 0.29) is 17.6 Å². The van der Waals surface area contributed by atoms with E-state index in [9.17, 15) is 9.18 Å². The molecule has 2 aromatic carbocycles. The van der Waals surface area contributed by atoms with Gasteiger partial charge in [-0.25, -0.2) is 4.39 Å². The fourth-order valence-corrected chi connectivity index (χ4v) is 3.64. The van der Waals surface area contributed by atoms with Crippen molar-refractivity contribution in [2.45, 2.75) is 12.3 Å². The largest absolute Gasteiger partial charge is 0.496 e. The van der Waals surface area contributed by atoms with Gasteiger partial charge in [-0.1, -0.05) is 18.2 Å². The van der Waals surface area contributed by atoms with Crippen molar-refractivity contribution < 1.29 is 13.9 Å². The number of amides is 1. The Hall–Kier alpha value is -2.82. The highest BCUT2D eigenvalue weighted by atomic mass is 19.1. The second-order valence-electron chi connectivity index (χ2n) is 6.37. The summed E-state index contributed by atoms with van der Waals surface area (Å²) in [6.45, 7) is 1.32. The number of carbonyl (C=O) groups is 1. The Bertz CT molecular complexity index is 934. The fourth-order valence-electron chi connectivity index (χ4n) is 3.64. The number of methoxy groups -OCH3 is 1. The number of aromatic amines is 1. The normalized spacial score (nSPS) is 17.2. The Morgan fingerprint density at radius 1 is 1.28 bits per heavy atom. The molecular weight excluding hydrogens is 319 g/mol. The van der Waals surface area contributed by atoms with Crippen molar-refractivity contribution in [3.05, 3.63) is 65.6 Å². The summed E-state index contributed by atoms with van der Waals surface area (Å²) in [5.74, 6) is 0.710. The topological polar surface area (TPSA) is 45.3 Å². The average Bonchev–Trinajstić information content (AvgIpc) is 3.28. The Morgan fingerprint density at radius 3 is 2.96 bits per heavy atom. The number of aromatic nitrogens is 1. The van der Waals surface area contributed by atoms with E-state index in [1.165, 1.54) is 12.1 Å². The lowest BCUT2D eigenvalue weighted by molar-refractivity contribution is 0.0792. The van der Waals surface area contributed by atoms with E-state index in [1.807, 2.05) is 23.1 Å². The maximum Gasteiger partial charge on any atom is 0.256 e. The van der Waals surface area contributed by atoms with E-state index < -0.39 is 0 Å². The molecular formula is C20H19FN2O2. The van der Waals surface area contributed by atoms with Gasteiger partial charge in [0.1, 0.15) is 11.6 Å². The molecule has 0 spiro atoms. The summed E-state index contributed by atoms with van der Waals surface area (Å²) in [5, 5.41) is 0.630. The highest BCUT2D eigenvalue weighted by Crippen LogP contribution is 2.34. The van der Waals surface area contributed by atoms with Crippen LogP contribution in [-0.2, 0) is 0 Å². The molecule has 0 bridgehead atoms. The lowest BCUT2D eigenvalue weighted by Gasteiger charge is -2.17. The number of hydrogen-bond acceptors (Lipinski definition) is 2. The molecule has 1 N–H and O–H groups in total. The van der Waals surface area contributed by atoms with Crippen LogP contribution in [0.15, 0.2) is 48.7 Å². The molecule has 1 atom stereocenters. The fraction of sp³-hybridized carbons (Fsp3) is 0.250. The van der Waals surface area contributed by atoms with E-state index in [0.717, 1.165) is 23.3 Å². The SMILES string of the molecule is COc1ccccc1[C@@H]1CCN(C(=O)c2c[nH]c3ccc(F)cc23)C1. The van der Waals surface area contributed by atoms with Gasteiger partial charge in [0.2, 0.25) is 0 Å². The molecule has 1 aliphatic heterocycles. The van der Waals surface area contributed by atoms with Gasteiger partial charge in [0.05, 0.1) is 12.7 Å². The third-order valence-electron chi connectivity index (χ3n) is 4.93. The quantitative estimate of drug-likeness (QED) is 0.786. The number of hydrogen-bond donors (Lipinski definition) is 1. The number of rotatable bonds is 3. The minimum absolute atomic E-state index is 0.0609. The number of ether oxygens (including phenoxy) is 1. The van der Waals surface area contributed by atoms with Crippen LogP contribution in [0.5, 0.6) is 5.75 Å². The van der Waals surface area contributed by atoms with Gasteiger partial charge in [0.15, 0.2) is 0 Å². The monoisotopic (exact) mass is 338 g/mol. The summed E-state index contributed by atoms with van der Waals surface area (Å²) in [5.41, 5.74) is 2.42. The Morgan fingerprint density at radius 2 is 2.12 bits per heavy atom. The van der Waals surface area contributed by atoms with Crippen molar-refractivity contribution in [2.24, 2.45) is 0 Å². The van der Waals surface area contributed by atoms with Crippen LogP contribution in [0.2, 0.25) is 0 Å². The second-order valence-corrected chi connectivity index (χ2v) is 6.37. The summed E-state index contributed by atoms with van der Waals surface area (Å²) in [4.78, 5) is 17.8. The number of halogens is 1. The third kappa shape index (κ3) is 2.76. The zero-order chi connectivity index (χ0) is 17.4. The van der Waals surface area contributed by atoms with Gasteiger partial charge in [-0.15, -0.1) is 0 Å². The van der Waals surface area contributed by atoms with Crippen molar-refractivity contribution in [3.63, 3.8) is 0 Å². The molecule has 0 unspecified atom stereocenters. The molecule has 1 fully saturated rings. The molecule has 1 aromatic heterocycles. The molecule has 4 nitrogen and oxygen atoms in total. The summed E-state index contributed by atoms with van der Waals surface area (Å²) >= 11 is 0. The van der Waals surface area contributed by atoms with Crippen LogP contribution in [0.3, 0.4) is 0 Å². The number of nitrogens with one attached hydrogen (secondary N) is 1. The first kappa shape index (κ1) is 15.7. The van der Waals surface area contributed by atoms with Crippen LogP contribution >= 0.6 is 0 Å². The first-order chi connectivity index (χ1) is 12.2. The van der Waals surface area contributed by atoms with Crippen LogP contribution in [0.4, 0.5) is 4.39 Å². The summed E-state index contributed by atoms with van der Waals surface area (Å²) in [6, 6.07) is 12.4. The molecule has 3 aromatic rings. The van der Waals surface area contributed by atoms with E-state index in [4.69, 9.17) is 4.74 Å². The highest BCUT2D eigenvalue weighted by molar-refractivity contribution is 6.06. The number of fused-ring (bicyclic) bond motifs is 1. The zero-order valence-corrected chi connectivity index (χ0v) is 14.0. The second kappa shape index (κ2) is 6.24. The molecule has 1 aliphatic rings. The Balaban J connectivity index is 1.59. The number of likely N-dealkylation sites (tertiary alicyclic amines) is 1. The summed E-state index contributed by atoms with van der Waals surface area (Å²) < 4.78 is 19.0. The Kier molecular flexibility index (Phi) is 3.92. The molecule has 0 aliphatic carbocycles. The minimum Gasteiger partial charge on any atom is -0.496 e. The predicted molar refractivity (Wildman–Crippen MR) is 94.5 cm³/mol. The van der Waals surface area contributed by atoms with E-state index in [2.05, 4.69) is 11.1 Å². The minimum atomic E-state index is -0.338. The van der Waals surface area contributed by atoms with Crippen LogP contribution in [0.1, 0.15) is 28.3 Å². The zero-order valence-electron chi connectivity index (χ0n) is 14.0. The van der Waals surface area contributed by atoms with Crippen LogP contribution in [0.25, 0.3) is 10.9 Å². The van der Waals surface area contributed by atoms with E-state index in [1.54, 1.807) is 19.4 Å². The molecule has 0 radical (unpaired) electrons. The molecule has 25 heavy (non-hydrogen) atoms. The van der Waals surface area contributed by atoms with E-state index >= 15 is 0 Å². The van der Waals surface area contributed by atoms with Crippen molar-refractivity contribution in [2.75, 3.05) is 20.2 Å². The van der Waals surface area contributed by atoms with Crippen molar-refractivity contribution in [1.29, 1.82) is 0 Å². The molecule has 5 heteroatoms. The summed E-state index contributed by atoms with van der Waals surface area (Å²) in [7, 11) is 1.66. The number of H-pyrrole nitrogens is 1. The smallest absolute Gasteiger partial charge is 0.256 e. The van der Waals surface area contributed by atoms with Gasteiger partial charge in [0.25, 0.3) is 5.91 Å². The third-order valence-corrected chi connectivity index (χ3v) is 4.93. The lowest BCUT2D eigenvalue weighted by Crippen LogP contribution is -2.28. The molecule has 2 heterocycles. The number of benzene rings is 2. The van der Waals surface area contributed by atoms with Crippen LogP contribution in [0, 0.1) is 5.82 Å². The summed E-state index contributed by atoms with van der Waals surface area (Å²) in [6.07, 6.45) is 2.56. The maximum atomic E-state index is 13.5. The highest BCUT2D eigenvalue weighted by Gasteiger charge is 2.30. The molecule has 128 valence electrons. The average molecular weight is 338 g/mol. The molecule has 1 saturated heterocycles. The van der Waals surface area contributed by atoms with Gasteiger partial charge in [-0.05, 0) is 36.2 Å². The Labute approximate surface area is 145 Å².